The Hall–Kier alpha value is -2.20. The summed E-state index contributed by atoms with van der Waals surface area (Å²) >= 11 is 1.57. The van der Waals surface area contributed by atoms with Crippen LogP contribution in [0.3, 0.4) is 0 Å². The minimum absolute atomic E-state index is 0.146. The van der Waals surface area contributed by atoms with E-state index in [1.807, 2.05) is 5.38 Å². The fourth-order valence-electron chi connectivity index (χ4n) is 1.94. The molecule has 100 valence electrons. The first-order chi connectivity index (χ1) is 9.63. The van der Waals surface area contributed by atoms with Gasteiger partial charge in [-0.15, -0.1) is 11.3 Å². The van der Waals surface area contributed by atoms with E-state index in [4.69, 9.17) is 5.73 Å². The van der Waals surface area contributed by atoms with Crippen molar-refractivity contribution in [3.05, 3.63) is 59.2 Å². The van der Waals surface area contributed by atoms with Crippen LogP contribution in [0, 0.1) is 12.7 Å². The number of nitrogens with zero attached hydrogens (tertiary/aromatic N) is 1. The van der Waals surface area contributed by atoms with Gasteiger partial charge in [-0.05, 0) is 25.1 Å². The van der Waals surface area contributed by atoms with E-state index in [0.717, 1.165) is 21.8 Å². The van der Waals surface area contributed by atoms with Crippen molar-refractivity contribution >= 4 is 17.0 Å². The molecule has 20 heavy (non-hydrogen) atoms. The van der Waals surface area contributed by atoms with Crippen LogP contribution in [-0.2, 0) is 0 Å². The lowest BCUT2D eigenvalue weighted by Gasteiger charge is -2.00. The molecule has 0 radical (unpaired) electrons. The van der Waals surface area contributed by atoms with Gasteiger partial charge in [-0.3, -0.25) is 0 Å². The SMILES string of the molecule is Cc1ccc(-c2nc(-c3ccc(F)c(N)c3)cs2)cc1. The summed E-state index contributed by atoms with van der Waals surface area (Å²) in [5, 5.41) is 2.91. The van der Waals surface area contributed by atoms with Gasteiger partial charge in [0, 0.05) is 16.5 Å². The summed E-state index contributed by atoms with van der Waals surface area (Å²) in [4.78, 5) is 4.59. The zero-order valence-corrected chi connectivity index (χ0v) is 11.7. The summed E-state index contributed by atoms with van der Waals surface area (Å²) in [5.74, 6) is -0.400. The van der Waals surface area contributed by atoms with E-state index in [9.17, 15) is 4.39 Å². The van der Waals surface area contributed by atoms with Crippen LogP contribution >= 0.6 is 11.3 Å². The fraction of sp³-hybridized carbons (Fsp3) is 0.0625. The molecule has 0 bridgehead atoms. The number of nitrogen functional groups attached to an aromatic ring is 1. The standard InChI is InChI=1S/C16H13FN2S/c1-10-2-4-11(5-3-10)16-19-15(9-20-16)12-6-7-13(17)14(18)8-12/h2-9H,18H2,1H3. The highest BCUT2D eigenvalue weighted by Gasteiger charge is 2.08. The van der Waals surface area contributed by atoms with Crippen LogP contribution in [-0.4, -0.2) is 4.98 Å². The summed E-state index contributed by atoms with van der Waals surface area (Å²) in [6, 6.07) is 12.9. The van der Waals surface area contributed by atoms with Gasteiger partial charge in [-0.25, -0.2) is 9.37 Å². The maximum Gasteiger partial charge on any atom is 0.146 e. The Labute approximate surface area is 120 Å². The number of hydrogen-bond donors (Lipinski definition) is 1. The van der Waals surface area contributed by atoms with E-state index >= 15 is 0 Å². The van der Waals surface area contributed by atoms with E-state index in [1.54, 1.807) is 23.5 Å². The lowest BCUT2D eigenvalue weighted by Crippen LogP contribution is -1.90. The molecule has 1 heterocycles. The van der Waals surface area contributed by atoms with Gasteiger partial charge in [-0.2, -0.15) is 0 Å². The highest BCUT2D eigenvalue weighted by atomic mass is 32.1. The van der Waals surface area contributed by atoms with Crippen LogP contribution in [0.25, 0.3) is 21.8 Å². The predicted octanol–water partition coefficient (Wildman–Crippen LogP) is 4.51. The quantitative estimate of drug-likeness (QED) is 0.703. The molecule has 1 aromatic heterocycles. The third kappa shape index (κ3) is 2.42. The van der Waals surface area contributed by atoms with Crippen molar-refractivity contribution in [1.29, 1.82) is 0 Å². The van der Waals surface area contributed by atoms with Crippen molar-refractivity contribution in [2.45, 2.75) is 6.92 Å². The van der Waals surface area contributed by atoms with Gasteiger partial charge in [0.25, 0.3) is 0 Å². The van der Waals surface area contributed by atoms with Crippen molar-refractivity contribution in [1.82, 2.24) is 4.98 Å². The molecular weight excluding hydrogens is 271 g/mol. The average Bonchev–Trinajstić information content (AvgIpc) is 2.92. The van der Waals surface area contributed by atoms with Gasteiger partial charge >= 0.3 is 0 Å². The van der Waals surface area contributed by atoms with Crippen molar-refractivity contribution in [3.8, 4) is 21.8 Å². The summed E-state index contributed by atoms with van der Waals surface area (Å²) < 4.78 is 13.2. The Bertz CT molecular complexity index is 747. The number of hydrogen-bond acceptors (Lipinski definition) is 3. The zero-order chi connectivity index (χ0) is 14.1. The third-order valence-electron chi connectivity index (χ3n) is 3.09. The summed E-state index contributed by atoms with van der Waals surface area (Å²) in [7, 11) is 0. The van der Waals surface area contributed by atoms with Gasteiger partial charge in [0.05, 0.1) is 11.4 Å². The number of thiazole rings is 1. The molecule has 0 spiro atoms. The van der Waals surface area contributed by atoms with Crippen LogP contribution in [0.5, 0.6) is 0 Å². The zero-order valence-electron chi connectivity index (χ0n) is 10.9. The summed E-state index contributed by atoms with van der Waals surface area (Å²) in [5.41, 5.74) is 9.69. The van der Waals surface area contributed by atoms with Crippen molar-refractivity contribution in [3.63, 3.8) is 0 Å². The number of anilines is 1. The molecule has 3 aromatic rings. The molecule has 0 saturated heterocycles. The topological polar surface area (TPSA) is 38.9 Å². The molecule has 0 amide bonds. The number of rotatable bonds is 2. The molecule has 2 nitrogen and oxygen atoms in total. The largest absolute Gasteiger partial charge is 0.396 e. The Morgan fingerprint density at radius 2 is 1.75 bits per heavy atom. The lowest BCUT2D eigenvalue weighted by atomic mass is 10.1. The predicted molar refractivity (Wildman–Crippen MR) is 82.1 cm³/mol. The molecule has 0 saturated carbocycles. The van der Waals surface area contributed by atoms with E-state index in [2.05, 4.69) is 36.2 Å². The number of aryl methyl sites for hydroxylation is 1. The molecule has 0 atom stereocenters. The van der Waals surface area contributed by atoms with E-state index in [0.29, 0.717) is 0 Å². The Kier molecular flexibility index (Phi) is 3.24. The molecule has 0 unspecified atom stereocenters. The Balaban J connectivity index is 1.97. The first-order valence-electron chi connectivity index (χ1n) is 6.21. The van der Waals surface area contributed by atoms with Crippen LogP contribution in [0.1, 0.15) is 5.56 Å². The van der Waals surface area contributed by atoms with Gasteiger partial charge in [-0.1, -0.05) is 29.8 Å². The van der Waals surface area contributed by atoms with Crippen LogP contribution in [0.4, 0.5) is 10.1 Å². The Morgan fingerprint density at radius 3 is 2.45 bits per heavy atom. The summed E-state index contributed by atoms with van der Waals surface area (Å²) in [6.45, 7) is 2.05. The van der Waals surface area contributed by atoms with Crippen LogP contribution < -0.4 is 5.73 Å². The van der Waals surface area contributed by atoms with E-state index in [1.165, 1.54) is 11.6 Å². The lowest BCUT2D eigenvalue weighted by molar-refractivity contribution is 0.632. The second-order valence-corrected chi connectivity index (χ2v) is 5.50. The highest BCUT2D eigenvalue weighted by molar-refractivity contribution is 7.13. The monoisotopic (exact) mass is 284 g/mol. The van der Waals surface area contributed by atoms with Crippen molar-refractivity contribution < 1.29 is 4.39 Å². The minimum Gasteiger partial charge on any atom is -0.396 e. The molecule has 0 fully saturated rings. The number of benzene rings is 2. The van der Waals surface area contributed by atoms with Crippen LogP contribution in [0.15, 0.2) is 47.8 Å². The third-order valence-corrected chi connectivity index (χ3v) is 3.99. The second kappa shape index (κ2) is 5.06. The molecule has 0 aliphatic carbocycles. The van der Waals surface area contributed by atoms with Crippen molar-refractivity contribution in [2.75, 3.05) is 5.73 Å². The molecule has 2 N–H and O–H groups in total. The van der Waals surface area contributed by atoms with Gasteiger partial charge in [0.1, 0.15) is 10.8 Å². The molecule has 2 aromatic carbocycles. The first kappa shape index (κ1) is 12.8. The molecule has 0 aliphatic rings. The highest BCUT2D eigenvalue weighted by Crippen LogP contribution is 2.30. The number of halogens is 1. The Morgan fingerprint density at radius 1 is 1.05 bits per heavy atom. The molecule has 3 rings (SSSR count). The van der Waals surface area contributed by atoms with Gasteiger partial charge in [0.15, 0.2) is 0 Å². The number of nitrogens with two attached hydrogens (primary N) is 1. The minimum atomic E-state index is -0.400. The van der Waals surface area contributed by atoms with Gasteiger partial charge < -0.3 is 5.73 Å². The maximum absolute atomic E-state index is 13.2. The molecule has 4 heteroatoms. The fourth-order valence-corrected chi connectivity index (χ4v) is 2.77. The summed E-state index contributed by atoms with van der Waals surface area (Å²) in [6.07, 6.45) is 0. The smallest absolute Gasteiger partial charge is 0.146 e. The average molecular weight is 284 g/mol. The normalized spacial score (nSPS) is 10.7. The van der Waals surface area contributed by atoms with Gasteiger partial charge in [0.2, 0.25) is 0 Å². The molecular formula is C16H13FN2S. The molecule has 0 aliphatic heterocycles. The van der Waals surface area contributed by atoms with E-state index < -0.39 is 5.82 Å². The number of aromatic nitrogens is 1. The van der Waals surface area contributed by atoms with Crippen LogP contribution in [0.2, 0.25) is 0 Å². The van der Waals surface area contributed by atoms with E-state index in [-0.39, 0.29) is 5.69 Å². The first-order valence-corrected chi connectivity index (χ1v) is 7.09. The maximum atomic E-state index is 13.2. The second-order valence-electron chi connectivity index (χ2n) is 4.64. The van der Waals surface area contributed by atoms with Crippen molar-refractivity contribution in [2.24, 2.45) is 0 Å².